The normalized spacial score (nSPS) is 14.5. The minimum atomic E-state index is -0.971. The highest BCUT2D eigenvalue weighted by molar-refractivity contribution is 6.04. The van der Waals surface area contributed by atoms with Crippen LogP contribution in [0.1, 0.15) is 24.8 Å². The van der Waals surface area contributed by atoms with Crippen LogP contribution in [0.3, 0.4) is 0 Å². The van der Waals surface area contributed by atoms with Gasteiger partial charge in [-0.05, 0) is 30.9 Å². The molecular weight excluding hydrogens is 312 g/mol. The highest BCUT2D eigenvalue weighted by atomic mass is 16.5. The molecule has 1 aliphatic carbocycles. The van der Waals surface area contributed by atoms with Crippen molar-refractivity contribution < 1.29 is 19.4 Å². The van der Waals surface area contributed by atoms with Crippen molar-refractivity contribution in [2.24, 2.45) is 11.0 Å². The standard InChI is InChI=1S/C16H20N4O4/c1-10-4-3-5-12(18-19-17)14(10)20(15(22)11-6-7-11)13(8-9-21)16(23)24-2/h3-5,11,13,21H,6-9H2,1-2H3. The first-order valence-corrected chi connectivity index (χ1v) is 7.71. The second-order valence-corrected chi connectivity index (χ2v) is 5.67. The average molecular weight is 332 g/mol. The molecule has 1 atom stereocenters. The third kappa shape index (κ3) is 3.67. The van der Waals surface area contributed by atoms with Crippen LogP contribution in [0.15, 0.2) is 23.3 Å². The van der Waals surface area contributed by atoms with E-state index in [1.807, 2.05) is 0 Å². The van der Waals surface area contributed by atoms with E-state index in [0.717, 1.165) is 12.8 Å². The molecule has 0 radical (unpaired) electrons. The van der Waals surface area contributed by atoms with Gasteiger partial charge in [-0.2, -0.15) is 0 Å². The van der Waals surface area contributed by atoms with E-state index in [-0.39, 0.29) is 30.5 Å². The molecule has 1 aromatic rings. The van der Waals surface area contributed by atoms with Gasteiger partial charge in [-0.25, -0.2) is 4.79 Å². The summed E-state index contributed by atoms with van der Waals surface area (Å²) >= 11 is 0. The zero-order valence-electron chi connectivity index (χ0n) is 13.7. The molecule has 8 nitrogen and oxygen atoms in total. The van der Waals surface area contributed by atoms with Crippen molar-refractivity contribution in [2.45, 2.75) is 32.2 Å². The topological polar surface area (TPSA) is 116 Å². The first-order valence-electron chi connectivity index (χ1n) is 7.71. The molecule has 1 aliphatic rings. The minimum absolute atomic E-state index is 0.0369. The third-order valence-electron chi connectivity index (χ3n) is 3.96. The van der Waals surface area contributed by atoms with E-state index in [2.05, 4.69) is 10.0 Å². The summed E-state index contributed by atoms with van der Waals surface area (Å²) in [5.41, 5.74) is 10.1. The van der Waals surface area contributed by atoms with Gasteiger partial charge in [0, 0.05) is 23.9 Å². The summed E-state index contributed by atoms with van der Waals surface area (Å²) in [4.78, 5) is 29.2. The van der Waals surface area contributed by atoms with Crippen molar-refractivity contribution in [2.75, 3.05) is 18.6 Å². The molecule has 0 saturated heterocycles. The summed E-state index contributed by atoms with van der Waals surface area (Å²) < 4.78 is 4.81. The number of anilines is 1. The van der Waals surface area contributed by atoms with Gasteiger partial charge >= 0.3 is 5.97 Å². The van der Waals surface area contributed by atoms with Gasteiger partial charge in [0.05, 0.1) is 18.5 Å². The monoisotopic (exact) mass is 332 g/mol. The molecule has 1 N–H and O–H groups in total. The van der Waals surface area contributed by atoms with Crippen molar-refractivity contribution in [3.05, 3.63) is 34.2 Å². The predicted octanol–water partition coefficient (Wildman–Crippen LogP) is 2.60. The zero-order valence-corrected chi connectivity index (χ0v) is 13.7. The number of aliphatic hydroxyl groups excluding tert-OH is 1. The highest BCUT2D eigenvalue weighted by Gasteiger charge is 2.40. The molecule has 0 bridgehead atoms. The van der Waals surface area contributed by atoms with Crippen molar-refractivity contribution in [3.8, 4) is 0 Å². The number of para-hydroxylation sites is 1. The van der Waals surface area contributed by atoms with Crippen LogP contribution >= 0.6 is 0 Å². The third-order valence-corrected chi connectivity index (χ3v) is 3.96. The Hall–Kier alpha value is -2.57. The Kier molecular flexibility index (Phi) is 5.78. The van der Waals surface area contributed by atoms with Crippen LogP contribution in [-0.4, -0.2) is 36.7 Å². The number of esters is 1. The number of azide groups is 1. The van der Waals surface area contributed by atoms with Gasteiger partial charge in [0.2, 0.25) is 5.91 Å². The molecule has 0 aliphatic heterocycles. The minimum Gasteiger partial charge on any atom is -0.467 e. The lowest BCUT2D eigenvalue weighted by atomic mass is 10.1. The smallest absolute Gasteiger partial charge is 0.329 e. The van der Waals surface area contributed by atoms with Crippen molar-refractivity contribution >= 4 is 23.3 Å². The first-order chi connectivity index (χ1) is 11.5. The number of carbonyl (C=O) groups excluding carboxylic acids is 2. The van der Waals surface area contributed by atoms with Crippen LogP contribution in [-0.2, 0) is 14.3 Å². The molecule has 1 aromatic carbocycles. The lowest BCUT2D eigenvalue weighted by Crippen LogP contribution is -2.47. The number of nitrogens with zero attached hydrogens (tertiary/aromatic N) is 4. The number of hydrogen-bond donors (Lipinski definition) is 1. The Labute approximate surface area is 139 Å². The zero-order chi connectivity index (χ0) is 17.7. The largest absolute Gasteiger partial charge is 0.467 e. The van der Waals surface area contributed by atoms with Gasteiger partial charge in [0.1, 0.15) is 6.04 Å². The Bertz CT molecular complexity index is 681. The Morgan fingerprint density at radius 2 is 2.21 bits per heavy atom. The van der Waals surface area contributed by atoms with Crippen LogP contribution in [0.2, 0.25) is 0 Å². The van der Waals surface area contributed by atoms with Gasteiger partial charge < -0.3 is 9.84 Å². The van der Waals surface area contributed by atoms with Crippen LogP contribution in [0.25, 0.3) is 10.4 Å². The molecule has 8 heteroatoms. The first kappa shape index (κ1) is 17.8. The van der Waals surface area contributed by atoms with Crippen LogP contribution in [0.4, 0.5) is 11.4 Å². The number of rotatable bonds is 7. The van der Waals surface area contributed by atoms with E-state index in [0.29, 0.717) is 11.3 Å². The van der Waals surface area contributed by atoms with Crippen molar-refractivity contribution in [1.82, 2.24) is 0 Å². The molecule has 1 unspecified atom stereocenters. The van der Waals surface area contributed by atoms with Gasteiger partial charge in [-0.15, -0.1) is 0 Å². The lowest BCUT2D eigenvalue weighted by Gasteiger charge is -2.32. The fourth-order valence-corrected chi connectivity index (χ4v) is 2.64. The van der Waals surface area contributed by atoms with E-state index in [9.17, 15) is 14.7 Å². The van der Waals surface area contributed by atoms with E-state index >= 15 is 0 Å². The maximum absolute atomic E-state index is 12.9. The molecule has 24 heavy (non-hydrogen) atoms. The summed E-state index contributed by atoms with van der Waals surface area (Å²) in [6.45, 7) is 1.49. The second-order valence-electron chi connectivity index (χ2n) is 5.67. The van der Waals surface area contributed by atoms with Gasteiger partial charge in [0.25, 0.3) is 0 Å². The van der Waals surface area contributed by atoms with E-state index < -0.39 is 12.0 Å². The number of amides is 1. The number of aryl methyl sites for hydroxylation is 1. The summed E-state index contributed by atoms with van der Waals surface area (Å²) in [7, 11) is 1.23. The summed E-state index contributed by atoms with van der Waals surface area (Å²) in [5.74, 6) is -0.995. The number of ether oxygens (including phenoxy) is 1. The van der Waals surface area contributed by atoms with Crippen molar-refractivity contribution in [1.29, 1.82) is 0 Å². The number of methoxy groups -OCH3 is 1. The number of carbonyl (C=O) groups is 2. The van der Waals surface area contributed by atoms with E-state index in [1.165, 1.54) is 12.0 Å². The average Bonchev–Trinajstić information content (AvgIpc) is 3.40. The predicted molar refractivity (Wildman–Crippen MR) is 87.7 cm³/mol. The number of aliphatic hydroxyl groups is 1. The number of hydrogen-bond acceptors (Lipinski definition) is 5. The van der Waals surface area contributed by atoms with Gasteiger partial charge in [-0.3, -0.25) is 9.69 Å². The van der Waals surface area contributed by atoms with E-state index in [4.69, 9.17) is 10.3 Å². The molecule has 0 spiro atoms. The quantitative estimate of drug-likeness (QED) is 0.357. The van der Waals surface area contributed by atoms with Crippen LogP contribution in [0, 0.1) is 12.8 Å². The fourth-order valence-electron chi connectivity index (χ4n) is 2.64. The molecule has 1 saturated carbocycles. The maximum atomic E-state index is 12.9. The number of benzene rings is 1. The Morgan fingerprint density at radius 3 is 2.75 bits per heavy atom. The molecule has 128 valence electrons. The molecule has 0 aromatic heterocycles. The summed E-state index contributed by atoms with van der Waals surface area (Å²) in [6.07, 6.45) is 1.55. The van der Waals surface area contributed by atoms with E-state index in [1.54, 1.807) is 25.1 Å². The fraction of sp³-hybridized carbons (Fsp3) is 0.500. The summed E-state index contributed by atoms with van der Waals surface area (Å²) in [6, 6.07) is 4.10. The lowest BCUT2D eigenvalue weighted by molar-refractivity contribution is -0.144. The SMILES string of the molecule is COC(=O)C(CCO)N(C(=O)C1CC1)c1c(C)cccc1N=[N+]=[N-]. The Balaban J connectivity index is 2.60. The van der Waals surface area contributed by atoms with Gasteiger partial charge in [-0.1, -0.05) is 23.3 Å². The summed E-state index contributed by atoms with van der Waals surface area (Å²) in [5, 5.41) is 13.0. The maximum Gasteiger partial charge on any atom is 0.329 e. The Morgan fingerprint density at radius 1 is 1.50 bits per heavy atom. The highest BCUT2D eigenvalue weighted by Crippen LogP contribution is 2.39. The molecular formula is C16H20N4O4. The van der Waals surface area contributed by atoms with Crippen LogP contribution < -0.4 is 4.90 Å². The van der Waals surface area contributed by atoms with Gasteiger partial charge in [0.15, 0.2) is 0 Å². The molecule has 2 rings (SSSR count). The molecule has 1 fully saturated rings. The second kappa shape index (κ2) is 7.81. The van der Waals surface area contributed by atoms with Crippen LogP contribution in [0.5, 0.6) is 0 Å². The molecule has 0 heterocycles. The van der Waals surface area contributed by atoms with Crippen molar-refractivity contribution in [3.63, 3.8) is 0 Å². The molecule has 1 amide bonds.